The summed E-state index contributed by atoms with van der Waals surface area (Å²) < 4.78 is 17.0. The van der Waals surface area contributed by atoms with Gasteiger partial charge >= 0.3 is 5.97 Å². The van der Waals surface area contributed by atoms with Gasteiger partial charge in [0.05, 0.1) is 19.8 Å². The first-order valence-corrected chi connectivity index (χ1v) is 9.53. The largest absolute Gasteiger partial charge is 0.492 e. The van der Waals surface area contributed by atoms with Crippen molar-refractivity contribution in [2.45, 2.75) is 45.4 Å². The standard InChI is InChI=1S/C23H27NO4/c1-5-7-15-23(16-24,22(25)27-6-2)18-12-10-14-20(21(18)26-4)28-19-13-9-8-11-17(19)3/h8-14H,5-7,15H2,1-4H3. The molecule has 0 spiro atoms. The molecule has 2 aromatic rings. The van der Waals surface area contributed by atoms with E-state index in [1.165, 1.54) is 7.11 Å². The Morgan fingerprint density at radius 2 is 1.82 bits per heavy atom. The maximum absolute atomic E-state index is 12.9. The van der Waals surface area contributed by atoms with Crippen LogP contribution in [0.15, 0.2) is 42.5 Å². The number of carbonyl (C=O) groups is 1. The minimum Gasteiger partial charge on any atom is -0.492 e. The molecule has 1 unspecified atom stereocenters. The molecule has 148 valence electrons. The number of benzene rings is 2. The first kappa shape index (κ1) is 21.3. The van der Waals surface area contributed by atoms with Gasteiger partial charge in [0.15, 0.2) is 16.9 Å². The molecule has 28 heavy (non-hydrogen) atoms. The fourth-order valence-corrected chi connectivity index (χ4v) is 3.14. The summed E-state index contributed by atoms with van der Waals surface area (Å²) in [5, 5.41) is 10.1. The minimum atomic E-state index is -1.44. The Kier molecular flexibility index (Phi) is 7.45. The molecule has 5 heteroatoms. The molecule has 0 fully saturated rings. The van der Waals surface area contributed by atoms with Gasteiger partial charge in [0.2, 0.25) is 0 Å². The maximum Gasteiger partial charge on any atom is 0.331 e. The molecule has 0 aliphatic rings. The van der Waals surface area contributed by atoms with Gasteiger partial charge in [-0.3, -0.25) is 0 Å². The zero-order valence-electron chi connectivity index (χ0n) is 17.0. The van der Waals surface area contributed by atoms with Gasteiger partial charge < -0.3 is 14.2 Å². The minimum absolute atomic E-state index is 0.204. The van der Waals surface area contributed by atoms with E-state index >= 15 is 0 Å². The van der Waals surface area contributed by atoms with Crippen molar-refractivity contribution in [3.05, 3.63) is 53.6 Å². The number of unbranched alkanes of at least 4 members (excludes halogenated alkanes) is 1. The molecule has 1 atom stereocenters. The van der Waals surface area contributed by atoms with Crippen molar-refractivity contribution in [1.29, 1.82) is 5.26 Å². The lowest BCUT2D eigenvalue weighted by molar-refractivity contribution is -0.148. The predicted octanol–water partition coefficient (Wildman–Crippen LogP) is 5.31. The first-order chi connectivity index (χ1) is 13.5. The number of para-hydroxylation sites is 2. The highest BCUT2D eigenvalue weighted by Crippen LogP contribution is 2.43. The molecular weight excluding hydrogens is 354 g/mol. The van der Waals surface area contributed by atoms with E-state index in [0.717, 1.165) is 12.0 Å². The zero-order chi connectivity index (χ0) is 20.6. The number of hydrogen-bond acceptors (Lipinski definition) is 5. The Bertz CT molecular complexity index is 856. The number of aryl methyl sites for hydroxylation is 1. The van der Waals surface area contributed by atoms with E-state index in [-0.39, 0.29) is 6.61 Å². The molecule has 0 amide bonds. The van der Waals surface area contributed by atoms with Crippen LogP contribution in [0.25, 0.3) is 0 Å². The highest BCUT2D eigenvalue weighted by molar-refractivity contribution is 5.88. The summed E-state index contributed by atoms with van der Waals surface area (Å²) in [5.74, 6) is 0.952. The SMILES string of the molecule is CCCCC(C#N)(C(=O)OCC)c1cccc(Oc2ccccc2C)c1OC. The van der Waals surface area contributed by atoms with Crippen LogP contribution in [0, 0.1) is 18.3 Å². The number of esters is 1. The molecule has 0 aliphatic carbocycles. The normalized spacial score (nSPS) is 12.5. The summed E-state index contributed by atoms with van der Waals surface area (Å²) in [5.41, 5.74) is -0.00370. The molecule has 2 aromatic carbocycles. The highest BCUT2D eigenvalue weighted by Gasteiger charge is 2.44. The Balaban J connectivity index is 2.59. The number of nitrogens with zero attached hydrogens (tertiary/aromatic N) is 1. The van der Waals surface area contributed by atoms with Gasteiger partial charge in [0.1, 0.15) is 5.75 Å². The Hall–Kier alpha value is -3.00. The van der Waals surface area contributed by atoms with E-state index in [1.807, 2.05) is 38.1 Å². The molecule has 0 bridgehead atoms. The van der Waals surface area contributed by atoms with Gasteiger partial charge in [0, 0.05) is 5.56 Å². The van der Waals surface area contributed by atoms with Crippen molar-refractivity contribution < 1.29 is 19.0 Å². The third-order valence-electron chi connectivity index (χ3n) is 4.68. The summed E-state index contributed by atoms with van der Waals surface area (Å²) in [6.45, 7) is 5.90. The smallest absolute Gasteiger partial charge is 0.331 e. The van der Waals surface area contributed by atoms with Gasteiger partial charge in [-0.1, -0.05) is 50.1 Å². The van der Waals surface area contributed by atoms with Crippen LogP contribution in [0.2, 0.25) is 0 Å². The van der Waals surface area contributed by atoms with Crippen molar-refractivity contribution >= 4 is 5.97 Å². The fourth-order valence-electron chi connectivity index (χ4n) is 3.14. The van der Waals surface area contributed by atoms with Crippen LogP contribution in [0.4, 0.5) is 0 Å². The third kappa shape index (κ3) is 4.28. The Morgan fingerprint density at radius 1 is 1.11 bits per heavy atom. The van der Waals surface area contributed by atoms with Crippen LogP contribution in [-0.4, -0.2) is 19.7 Å². The summed E-state index contributed by atoms with van der Waals surface area (Å²) in [7, 11) is 1.51. The van der Waals surface area contributed by atoms with E-state index < -0.39 is 11.4 Å². The first-order valence-electron chi connectivity index (χ1n) is 9.53. The van der Waals surface area contributed by atoms with E-state index in [1.54, 1.807) is 25.1 Å². The zero-order valence-corrected chi connectivity index (χ0v) is 17.0. The number of nitriles is 1. The van der Waals surface area contributed by atoms with Crippen LogP contribution in [-0.2, 0) is 14.9 Å². The summed E-state index contributed by atoms with van der Waals surface area (Å²) in [4.78, 5) is 12.9. The second-order valence-corrected chi connectivity index (χ2v) is 6.55. The molecule has 2 rings (SSSR count). The van der Waals surface area contributed by atoms with Crippen molar-refractivity contribution in [3.63, 3.8) is 0 Å². The van der Waals surface area contributed by atoms with E-state index in [0.29, 0.717) is 35.7 Å². The van der Waals surface area contributed by atoms with Crippen LogP contribution < -0.4 is 9.47 Å². The Morgan fingerprint density at radius 3 is 2.43 bits per heavy atom. The number of methoxy groups -OCH3 is 1. The highest BCUT2D eigenvalue weighted by atomic mass is 16.5. The Labute approximate surface area is 166 Å². The second-order valence-electron chi connectivity index (χ2n) is 6.55. The monoisotopic (exact) mass is 381 g/mol. The lowest BCUT2D eigenvalue weighted by atomic mass is 9.77. The molecule has 5 nitrogen and oxygen atoms in total. The fraction of sp³-hybridized carbons (Fsp3) is 0.391. The van der Waals surface area contributed by atoms with Crippen molar-refractivity contribution in [3.8, 4) is 23.3 Å². The van der Waals surface area contributed by atoms with E-state index in [2.05, 4.69) is 6.07 Å². The molecule has 0 saturated carbocycles. The van der Waals surface area contributed by atoms with Crippen LogP contribution >= 0.6 is 0 Å². The summed E-state index contributed by atoms with van der Waals surface area (Å²) in [6, 6.07) is 15.1. The molecule has 0 heterocycles. The lowest BCUT2D eigenvalue weighted by Gasteiger charge is -2.27. The maximum atomic E-state index is 12.9. The topological polar surface area (TPSA) is 68.6 Å². The molecule has 0 saturated heterocycles. The predicted molar refractivity (Wildman–Crippen MR) is 108 cm³/mol. The molecule has 0 aliphatic heterocycles. The van der Waals surface area contributed by atoms with E-state index in [9.17, 15) is 10.1 Å². The number of hydrogen-bond donors (Lipinski definition) is 0. The lowest BCUT2D eigenvalue weighted by Crippen LogP contribution is -2.36. The number of carbonyl (C=O) groups excluding carboxylic acids is 1. The quantitative estimate of drug-likeness (QED) is 0.551. The number of rotatable bonds is 9. The average Bonchev–Trinajstić information content (AvgIpc) is 2.71. The van der Waals surface area contributed by atoms with Crippen LogP contribution in [0.3, 0.4) is 0 Å². The van der Waals surface area contributed by atoms with Crippen molar-refractivity contribution in [2.24, 2.45) is 0 Å². The number of ether oxygens (including phenoxy) is 3. The van der Waals surface area contributed by atoms with Gasteiger partial charge in [-0.15, -0.1) is 0 Å². The van der Waals surface area contributed by atoms with Crippen LogP contribution in [0.1, 0.15) is 44.2 Å². The van der Waals surface area contributed by atoms with Gasteiger partial charge in [0.25, 0.3) is 0 Å². The average molecular weight is 381 g/mol. The molecular formula is C23H27NO4. The van der Waals surface area contributed by atoms with Crippen molar-refractivity contribution in [2.75, 3.05) is 13.7 Å². The van der Waals surface area contributed by atoms with Gasteiger partial charge in [-0.05, 0) is 38.0 Å². The van der Waals surface area contributed by atoms with Crippen molar-refractivity contribution in [1.82, 2.24) is 0 Å². The van der Waals surface area contributed by atoms with Gasteiger partial charge in [-0.25, -0.2) is 4.79 Å². The van der Waals surface area contributed by atoms with E-state index in [4.69, 9.17) is 14.2 Å². The molecule has 0 N–H and O–H groups in total. The van der Waals surface area contributed by atoms with Gasteiger partial charge in [-0.2, -0.15) is 5.26 Å². The molecule has 0 radical (unpaired) electrons. The third-order valence-corrected chi connectivity index (χ3v) is 4.68. The van der Waals surface area contributed by atoms with Crippen LogP contribution in [0.5, 0.6) is 17.2 Å². The second kappa shape index (κ2) is 9.80. The molecule has 0 aromatic heterocycles. The summed E-state index contributed by atoms with van der Waals surface area (Å²) in [6.07, 6.45) is 1.91. The summed E-state index contributed by atoms with van der Waals surface area (Å²) >= 11 is 0.